The minimum absolute atomic E-state index is 0.330. The van der Waals surface area contributed by atoms with E-state index >= 15 is 0 Å². The Morgan fingerprint density at radius 3 is 2.67 bits per heavy atom. The van der Waals surface area contributed by atoms with Crippen molar-refractivity contribution in [3.63, 3.8) is 0 Å². The van der Waals surface area contributed by atoms with Gasteiger partial charge in [-0.25, -0.2) is 0 Å². The van der Waals surface area contributed by atoms with Crippen LogP contribution in [0, 0.1) is 0 Å². The van der Waals surface area contributed by atoms with Gasteiger partial charge in [-0.2, -0.15) is 0 Å². The maximum Gasteiger partial charge on any atom is 0.134 e. The van der Waals surface area contributed by atoms with Gasteiger partial charge in [-0.1, -0.05) is 11.6 Å². The molecule has 0 aliphatic heterocycles. The quantitative estimate of drug-likeness (QED) is 0.665. The van der Waals surface area contributed by atoms with E-state index in [2.05, 4.69) is 4.98 Å². The molecule has 12 heavy (non-hydrogen) atoms. The van der Waals surface area contributed by atoms with Gasteiger partial charge < -0.3 is 0 Å². The summed E-state index contributed by atoms with van der Waals surface area (Å²) in [6, 6.07) is 3.70. The lowest BCUT2D eigenvalue weighted by Crippen LogP contribution is -2.21. The summed E-state index contributed by atoms with van der Waals surface area (Å²) in [5, 5.41) is 0.643. The average Bonchev–Trinajstić information content (AvgIpc) is 2.01. The van der Waals surface area contributed by atoms with E-state index in [0.717, 1.165) is 5.69 Å². The maximum absolute atomic E-state index is 10.7. The van der Waals surface area contributed by atoms with Crippen LogP contribution in [-0.2, 0) is 4.79 Å². The SMILES string of the molecule is O=C1CC(c2ccc(Cl)cn2)C1. The number of pyridine rings is 1. The van der Waals surface area contributed by atoms with Gasteiger partial charge in [0.2, 0.25) is 0 Å². The molecule has 1 aromatic heterocycles. The lowest BCUT2D eigenvalue weighted by Gasteiger charge is -2.22. The Morgan fingerprint density at radius 2 is 2.17 bits per heavy atom. The van der Waals surface area contributed by atoms with E-state index in [-0.39, 0.29) is 0 Å². The molecule has 62 valence electrons. The van der Waals surface area contributed by atoms with Crippen LogP contribution >= 0.6 is 11.6 Å². The van der Waals surface area contributed by atoms with E-state index in [1.54, 1.807) is 6.20 Å². The highest BCUT2D eigenvalue weighted by atomic mass is 35.5. The summed E-state index contributed by atoms with van der Waals surface area (Å²) in [7, 11) is 0. The van der Waals surface area contributed by atoms with Crippen molar-refractivity contribution in [2.24, 2.45) is 0 Å². The number of aromatic nitrogens is 1. The highest BCUT2D eigenvalue weighted by Crippen LogP contribution is 2.32. The molecule has 2 nitrogen and oxygen atoms in total. The van der Waals surface area contributed by atoms with Gasteiger partial charge >= 0.3 is 0 Å². The molecule has 0 amide bonds. The number of Topliss-reactive ketones (excluding diaryl/α,β-unsaturated/α-hetero) is 1. The fourth-order valence-corrected chi connectivity index (χ4v) is 1.44. The Morgan fingerprint density at radius 1 is 1.42 bits per heavy atom. The molecule has 0 aromatic carbocycles. The fraction of sp³-hybridized carbons (Fsp3) is 0.333. The minimum atomic E-state index is 0.330. The van der Waals surface area contributed by atoms with Crippen molar-refractivity contribution in [3.05, 3.63) is 29.0 Å². The maximum atomic E-state index is 10.7. The molecule has 0 atom stereocenters. The van der Waals surface area contributed by atoms with Crippen LogP contribution in [0.1, 0.15) is 24.5 Å². The predicted octanol–water partition coefficient (Wildman–Crippen LogP) is 2.18. The summed E-state index contributed by atoms with van der Waals surface area (Å²) < 4.78 is 0. The van der Waals surface area contributed by atoms with Gasteiger partial charge in [0.15, 0.2) is 0 Å². The molecule has 0 N–H and O–H groups in total. The van der Waals surface area contributed by atoms with Crippen molar-refractivity contribution in [2.45, 2.75) is 18.8 Å². The van der Waals surface area contributed by atoms with Crippen molar-refractivity contribution in [1.29, 1.82) is 0 Å². The van der Waals surface area contributed by atoms with Crippen LogP contribution in [0.5, 0.6) is 0 Å². The lowest BCUT2D eigenvalue weighted by atomic mass is 9.81. The molecule has 0 radical (unpaired) electrons. The number of carbonyl (C=O) groups is 1. The Bertz CT molecular complexity index is 299. The van der Waals surface area contributed by atoms with Crippen molar-refractivity contribution >= 4 is 17.4 Å². The van der Waals surface area contributed by atoms with E-state index in [1.807, 2.05) is 12.1 Å². The Balaban J connectivity index is 2.14. The first-order valence-corrected chi connectivity index (χ1v) is 4.26. The van der Waals surface area contributed by atoms with Crippen LogP contribution < -0.4 is 0 Å². The van der Waals surface area contributed by atoms with Crippen molar-refractivity contribution in [2.75, 3.05) is 0 Å². The molecule has 1 aromatic rings. The Labute approximate surface area is 75.6 Å². The summed E-state index contributed by atoms with van der Waals surface area (Å²) in [5.41, 5.74) is 0.985. The topological polar surface area (TPSA) is 30.0 Å². The number of hydrogen-bond acceptors (Lipinski definition) is 2. The van der Waals surface area contributed by atoms with E-state index in [0.29, 0.717) is 29.6 Å². The largest absolute Gasteiger partial charge is 0.300 e. The molecule has 1 saturated carbocycles. The van der Waals surface area contributed by atoms with Gasteiger partial charge in [-0.15, -0.1) is 0 Å². The molecule has 2 rings (SSSR count). The van der Waals surface area contributed by atoms with Crippen LogP contribution in [0.3, 0.4) is 0 Å². The van der Waals surface area contributed by atoms with E-state index < -0.39 is 0 Å². The fourth-order valence-electron chi connectivity index (χ4n) is 1.33. The van der Waals surface area contributed by atoms with Crippen molar-refractivity contribution in [3.8, 4) is 0 Å². The Hall–Kier alpha value is -0.890. The Kier molecular flexibility index (Phi) is 1.85. The molecule has 1 aliphatic carbocycles. The minimum Gasteiger partial charge on any atom is -0.300 e. The van der Waals surface area contributed by atoms with Crippen LogP contribution in [0.4, 0.5) is 0 Å². The third-order valence-corrected chi connectivity index (χ3v) is 2.34. The van der Waals surface area contributed by atoms with Crippen LogP contribution in [0.25, 0.3) is 0 Å². The number of hydrogen-bond donors (Lipinski definition) is 0. The normalized spacial score (nSPS) is 17.6. The number of nitrogens with zero attached hydrogens (tertiary/aromatic N) is 1. The molecule has 1 aliphatic rings. The van der Waals surface area contributed by atoms with Gasteiger partial charge in [-0.3, -0.25) is 9.78 Å². The molecule has 3 heteroatoms. The number of ketones is 1. The summed E-state index contributed by atoms with van der Waals surface area (Å²) in [5.74, 6) is 0.673. The zero-order chi connectivity index (χ0) is 8.55. The molecular weight excluding hydrogens is 174 g/mol. The zero-order valence-electron chi connectivity index (χ0n) is 6.46. The molecule has 0 unspecified atom stereocenters. The third kappa shape index (κ3) is 1.34. The molecular formula is C9H8ClNO. The highest BCUT2D eigenvalue weighted by molar-refractivity contribution is 6.30. The molecule has 0 saturated heterocycles. The van der Waals surface area contributed by atoms with Gasteiger partial charge in [0.1, 0.15) is 5.78 Å². The van der Waals surface area contributed by atoms with Gasteiger partial charge in [-0.05, 0) is 12.1 Å². The second kappa shape index (κ2) is 2.87. The first-order valence-electron chi connectivity index (χ1n) is 3.89. The van der Waals surface area contributed by atoms with Gasteiger partial charge in [0.05, 0.1) is 5.02 Å². The molecule has 0 bridgehead atoms. The zero-order valence-corrected chi connectivity index (χ0v) is 7.21. The molecule has 0 spiro atoms. The second-order valence-electron chi connectivity index (χ2n) is 3.05. The van der Waals surface area contributed by atoms with Crippen molar-refractivity contribution < 1.29 is 4.79 Å². The first-order chi connectivity index (χ1) is 5.75. The average molecular weight is 182 g/mol. The summed E-state index contributed by atoms with van der Waals surface area (Å²) in [4.78, 5) is 14.8. The van der Waals surface area contributed by atoms with Crippen LogP contribution in [0.15, 0.2) is 18.3 Å². The number of halogens is 1. The predicted molar refractivity (Wildman–Crippen MR) is 46.2 cm³/mol. The van der Waals surface area contributed by atoms with E-state index in [9.17, 15) is 4.79 Å². The molecule has 1 fully saturated rings. The summed E-state index contributed by atoms with van der Waals surface area (Å²) in [6.07, 6.45) is 2.92. The molecule has 1 heterocycles. The van der Waals surface area contributed by atoms with Crippen LogP contribution in [0.2, 0.25) is 5.02 Å². The first kappa shape index (κ1) is 7.74. The summed E-state index contributed by atoms with van der Waals surface area (Å²) >= 11 is 5.68. The summed E-state index contributed by atoms with van der Waals surface area (Å²) in [6.45, 7) is 0. The van der Waals surface area contributed by atoms with Gasteiger partial charge in [0.25, 0.3) is 0 Å². The highest BCUT2D eigenvalue weighted by Gasteiger charge is 2.28. The third-order valence-electron chi connectivity index (χ3n) is 2.12. The second-order valence-corrected chi connectivity index (χ2v) is 3.48. The van der Waals surface area contributed by atoms with E-state index in [1.165, 1.54) is 0 Å². The van der Waals surface area contributed by atoms with Crippen LogP contribution in [-0.4, -0.2) is 10.8 Å². The number of carbonyl (C=O) groups excluding carboxylic acids is 1. The monoisotopic (exact) mass is 181 g/mol. The lowest BCUT2D eigenvalue weighted by molar-refractivity contribution is -0.124. The van der Waals surface area contributed by atoms with Crippen molar-refractivity contribution in [1.82, 2.24) is 4.98 Å². The number of rotatable bonds is 1. The standard InChI is InChI=1S/C9H8ClNO/c10-7-1-2-9(11-5-7)6-3-8(12)4-6/h1-2,5-6H,3-4H2. The van der Waals surface area contributed by atoms with Gasteiger partial charge in [0, 0.05) is 30.7 Å². The smallest absolute Gasteiger partial charge is 0.134 e. The van der Waals surface area contributed by atoms with E-state index in [4.69, 9.17) is 11.6 Å².